The first-order valence-electron chi connectivity index (χ1n) is 7.18. The maximum atomic E-state index is 14.4. The van der Waals surface area contributed by atoms with E-state index in [2.05, 4.69) is 52.4 Å². The summed E-state index contributed by atoms with van der Waals surface area (Å²) >= 11 is 6.82. The van der Waals surface area contributed by atoms with Gasteiger partial charge in [-0.15, -0.1) is 0 Å². The molecule has 24 heavy (non-hydrogen) atoms. The second kappa shape index (κ2) is 6.18. The van der Waals surface area contributed by atoms with Crippen LogP contribution < -0.4 is 0 Å². The Kier molecular flexibility index (Phi) is 4.01. The third-order valence-corrected chi connectivity index (χ3v) is 4.91. The predicted octanol–water partition coefficient (Wildman–Crippen LogP) is 4.45. The van der Waals surface area contributed by atoms with Gasteiger partial charge in [-0.05, 0) is 46.3 Å². The Morgan fingerprint density at radius 2 is 1.79 bits per heavy atom. The van der Waals surface area contributed by atoms with Gasteiger partial charge in [0.2, 0.25) is 0 Å². The molecule has 0 radical (unpaired) electrons. The molecule has 0 aliphatic carbocycles. The number of aliphatic imine (C=N–C) groups is 1. The summed E-state index contributed by atoms with van der Waals surface area (Å²) in [5.74, 6) is 0.0882. The summed E-state index contributed by atoms with van der Waals surface area (Å²) in [4.78, 5) is 4.53. The Balaban J connectivity index is 1.81. The molecule has 1 unspecified atom stereocenters. The van der Waals surface area contributed by atoms with E-state index in [0.717, 1.165) is 20.2 Å². The molecule has 0 saturated carbocycles. The monoisotopic (exact) mass is 449 g/mol. The lowest BCUT2D eigenvalue weighted by Gasteiger charge is -2.23. The lowest BCUT2D eigenvalue weighted by atomic mass is 9.96. The molecule has 2 aromatic carbocycles. The quantitative estimate of drug-likeness (QED) is 0.579. The van der Waals surface area contributed by atoms with E-state index in [9.17, 15) is 4.39 Å². The molecule has 8 heteroatoms. The summed E-state index contributed by atoms with van der Waals surface area (Å²) in [6, 6.07) is 12.4. The Labute approximate surface area is 153 Å². The van der Waals surface area contributed by atoms with E-state index in [1.54, 1.807) is 16.8 Å². The van der Waals surface area contributed by atoms with Gasteiger partial charge in [-0.25, -0.2) is 14.1 Å². The smallest absolute Gasteiger partial charge is 0.214 e. The highest BCUT2D eigenvalue weighted by Crippen LogP contribution is 2.34. The third kappa shape index (κ3) is 2.80. The van der Waals surface area contributed by atoms with Crippen molar-refractivity contribution in [1.29, 1.82) is 0 Å². The number of rotatable bonds is 2. The normalized spacial score (nSPS) is 16.6. The Hall–Kier alpha value is -1.93. The van der Waals surface area contributed by atoms with Crippen LogP contribution in [0.1, 0.15) is 23.6 Å². The number of halogens is 3. The molecule has 120 valence electrons. The van der Waals surface area contributed by atoms with Crippen LogP contribution in [0, 0.1) is 5.82 Å². The molecule has 0 bridgehead atoms. The van der Waals surface area contributed by atoms with E-state index >= 15 is 0 Å². The van der Waals surface area contributed by atoms with Crippen LogP contribution in [-0.4, -0.2) is 25.9 Å². The van der Waals surface area contributed by atoms with Gasteiger partial charge in [0, 0.05) is 20.9 Å². The first-order valence-corrected chi connectivity index (χ1v) is 8.77. The zero-order chi connectivity index (χ0) is 16.7. The molecule has 3 aromatic rings. The van der Waals surface area contributed by atoms with Gasteiger partial charge in [-0.2, -0.15) is 0 Å². The fraction of sp³-hybridized carbons (Fsp3) is 0.125. The number of tetrazole rings is 1. The maximum absolute atomic E-state index is 14.4. The summed E-state index contributed by atoms with van der Waals surface area (Å²) in [6.45, 7) is 0. The second-order valence-corrected chi connectivity index (χ2v) is 7.21. The fourth-order valence-corrected chi connectivity index (χ4v) is 3.38. The van der Waals surface area contributed by atoms with Crippen molar-refractivity contribution in [1.82, 2.24) is 20.2 Å². The van der Waals surface area contributed by atoms with Crippen molar-refractivity contribution in [3.63, 3.8) is 0 Å². The zero-order valence-corrected chi connectivity index (χ0v) is 15.4. The largest absolute Gasteiger partial charge is 0.269 e. The molecule has 5 nitrogen and oxygen atoms in total. The SMILES string of the molecule is Fc1ccc(Br)cc1C1CC(c2ccc(Br)cc2)=Nc2nnnn21. The summed E-state index contributed by atoms with van der Waals surface area (Å²) in [5, 5.41) is 11.6. The molecular formula is C16H10Br2FN5. The predicted molar refractivity (Wildman–Crippen MR) is 95.0 cm³/mol. The summed E-state index contributed by atoms with van der Waals surface area (Å²) in [5.41, 5.74) is 2.32. The van der Waals surface area contributed by atoms with Crippen LogP contribution in [-0.2, 0) is 0 Å². The molecule has 1 atom stereocenters. The zero-order valence-electron chi connectivity index (χ0n) is 12.2. The average Bonchev–Trinajstić information content (AvgIpc) is 3.05. The van der Waals surface area contributed by atoms with Crippen LogP contribution in [0.25, 0.3) is 0 Å². The molecule has 1 aromatic heterocycles. The van der Waals surface area contributed by atoms with Gasteiger partial charge in [0.25, 0.3) is 5.95 Å². The molecular weight excluding hydrogens is 441 g/mol. The maximum Gasteiger partial charge on any atom is 0.269 e. The summed E-state index contributed by atoms with van der Waals surface area (Å²) in [7, 11) is 0. The highest BCUT2D eigenvalue weighted by Gasteiger charge is 2.29. The Bertz CT molecular complexity index is 936. The molecule has 1 aliphatic rings. The van der Waals surface area contributed by atoms with Crippen molar-refractivity contribution in [3.8, 4) is 0 Å². The van der Waals surface area contributed by atoms with Crippen molar-refractivity contribution in [2.24, 2.45) is 4.99 Å². The number of hydrogen-bond acceptors (Lipinski definition) is 4. The van der Waals surface area contributed by atoms with Crippen LogP contribution in [0.4, 0.5) is 10.3 Å². The highest BCUT2D eigenvalue weighted by atomic mass is 79.9. The standard InChI is InChI=1S/C16H10Br2FN5/c17-10-3-1-9(2-4-10)14-8-15(24-16(20-14)21-22-23-24)12-7-11(18)5-6-13(12)19/h1-7,15H,8H2. The van der Waals surface area contributed by atoms with Crippen LogP contribution in [0.2, 0.25) is 0 Å². The number of fused-ring (bicyclic) bond motifs is 1. The molecule has 0 fully saturated rings. The number of nitrogens with zero attached hydrogens (tertiary/aromatic N) is 5. The second-order valence-electron chi connectivity index (χ2n) is 5.37. The van der Waals surface area contributed by atoms with Crippen molar-refractivity contribution in [2.45, 2.75) is 12.5 Å². The lowest BCUT2D eigenvalue weighted by Crippen LogP contribution is -2.22. The third-order valence-electron chi connectivity index (χ3n) is 3.89. The van der Waals surface area contributed by atoms with E-state index in [1.165, 1.54) is 6.07 Å². The molecule has 2 heterocycles. The highest BCUT2D eigenvalue weighted by molar-refractivity contribution is 9.10. The van der Waals surface area contributed by atoms with Gasteiger partial charge in [-0.1, -0.05) is 49.1 Å². The first kappa shape index (κ1) is 15.6. The van der Waals surface area contributed by atoms with E-state index in [4.69, 9.17) is 0 Å². The minimum Gasteiger partial charge on any atom is -0.214 e. The topological polar surface area (TPSA) is 56.0 Å². The van der Waals surface area contributed by atoms with Crippen LogP contribution in [0.15, 0.2) is 56.4 Å². The Morgan fingerprint density at radius 3 is 2.58 bits per heavy atom. The number of benzene rings is 2. The molecule has 0 spiro atoms. The van der Waals surface area contributed by atoms with E-state index in [0.29, 0.717) is 17.9 Å². The summed E-state index contributed by atoms with van der Waals surface area (Å²) < 4.78 is 17.7. The van der Waals surface area contributed by atoms with Crippen LogP contribution in [0.5, 0.6) is 0 Å². The summed E-state index contributed by atoms with van der Waals surface area (Å²) in [6.07, 6.45) is 0.507. The van der Waals surface area contributed by atoms with Crippen molar-refractivity contribution >= 4 is 43.5 Å². The Morgan fingerprint density at radius 1 is 1.04 bits per heavy atom. The lowest BCUT2D eigenvalue weighted by molar-refractivity contribution is 0.486. The van der Waals surface area contributed by atoms with Gasteiger partial charge >= 0.3 is 0 Å². The first-order chi connectivity index (χ1) is 11.6. The van der Waals surface area contributed by atoms with Crippen LogP contribution in [0.3, 0.4) is 0 Å². The molecule has 0 amide bonds. The van der Waals surface area contributed by atoms with E-state index in [1.807, 2.05) is 24.3 Å². The van der Waals surface area contributed by atoms with E-state index < -0.39 is 0 Å². The fourth-order valence-electron chi connectivity index (χ4n) is 2.74. The van der Waals surface area contributed by atoms with E-state index in [-0.39, 0.29) is 11.9 Å². The van der Waals surface area contributed by atoms with Crippen LogP contribution >= 0.6 is 31.9 Å². The van der Waals surface area contributed by atoms with Crippen molar-refractivity contribution in [3.05, 3.63) is 68.4 Å². The van der Waals surface area contributed by atoms with Gasteiger partial charge in [0.1, 0.15) is 5.82 Å². The molecule has 0 N–H and O–H groups in total. The van der Waals surface area contributed by atoms with Gasteiger partial charge in [0.15, 0.2) is 0 Å². The average molecular weight is 451 g/mol. The number of aromatic nitrogens is 4. The molecule has 1 aliphatic heterocycles. The number of hydrogen-bond donors (Lipinski definition) is 0. The van der Waals surface area contributed by atoms with Crippen molar-refractivity contribution in [2.75, 3.05) is 0 Å². The minimum atomic E-state index is -0.344. The molecule has 4 rings (SSSR count). The van der Waals surface area contributed by atoms with Gasteiger partial charge in [0.05, 0.1) is 11.8 Å². The minimum absolute atomic E-state index is 0.290. The molecule has 0 saturated heterocycles. The van der Waals surface area contributed by atoms with Gasteiger partial charge < -0.3 is 0 Å². The van der Waals surface area contributed by atoms with Gasteiger partial charge in [-0.3, -0.25) is 0 Å². The van der Waals surface area contributed by atoms with Crippen molar-refractivity contribution < 1.29 is 4.39 Å².